The summed E-state index contributed by atoms with van der Waals surface area (Å²) in [6.45, 7) is 4.69. The summed E-state index contributed by atoms with van der Waals surface area (Å²) in [7, 11) is -1.42. The Morgan fingerprint density at radius 3 is 2.74 bits per heavy atom. The molecule has 19 heavy (non-hydrogen) atoms. The lowest BCUT2D eigenvalue weighted by Crippen LogP contribution is -2.40. The van der Waals surface area contributed by atoms with E-state index >= 15 is 0 Å². The third kappa shape index (κ3) is 3.16. The van der Waals surface area contributed by atoms with E-state index in [-0.39, 0.29) is 17.4 Å². The number of ether oxygens (including phenoxy) is 1. The first-order valence-electron chi connectivity index (χ1n) is 6.46. The van der Waals surface area contributed by atoms with E-state index in [1.807, 2.05) is 26.0 Å². The number of benzene rings is 1. The van der Waals surface area contributed by atoms with Crippen molar-refractivity contribution in [2.45, 2.75) is 36.8 Å². The van der Waals surface area contributed by atoms with Crippen LogP contribution in [0.3, 0.4) is 0 Å². The molecule has 0 saturated heterocycles. The van der Waals surface area contributed by atoms with Crippen molar-refractivity contribution in [2.24, 2.45) is 0 Å². The number of hydrogen-bond donors (Lipinski definition) is 1. The summed E-state index contributed by atoms with van der Waals surface area (Å²) in [4.78, 5) is 0.467. The van der Waals surface area contributed by atoms with Gasteiger partial charge in [-0.1, -0.05) is 18.2 Å². The van der Waals surface area contributed by atoms with Gasteiger partial charge in [0.2, 0.25) is 0 Å². The minimum Gasteiger partial charge on any atom is -0.377 e. The molecule has 0 amide bonds. The Balaban J connectivity index is 2.21. The summed E-state index contributed by atoms with van der Waals surface area (Å²) in [5, 5.41) is 3.42. The molecule has 1 N–H and O–H groups in total. The Kier molecular flexibility index (Phi) is 3.99. The second-order valence-electron chi connectivity index (χ2n) is 5.54. The number of rotatable bonds is 4. The van der Waals surface area contributed by atoms with Crippen molar-refractivity contribution in [1.82, 2.24) is 5.32 Å². The van der Waals surface area contributed by atoms with Gasteiger partial charge in [-0.25, -0.2) is 8.42 Å². The maximum Gasteiger partial charge on any atom is 0.178 e. The minimum atomic E-state index is -3.11. The molecule has 1 atom stereocenters. The van der Waals surface area contributed by atoms with Crippen molar-refractivity contribution in [3.05, 3.63) is 29.8 Å². The molecule has 0 fully saturated rings. The van der Waals surface area contributed by atoms with Gasteiger partial charge < -0.3 is 10.1 Å². The summed E-state index contributed by atoms with van der Waals surface area (Å²) < 4.78 is 29.4. The van der Waals surface area contributed by atoms with Gasteiger partial charge in [0, 0.05) is 19.7 Å². The van der Waals surface area contributed by atoms with Crippen LogP contribution in [-0.4, -0.2) is 33.4 Å². The predicted octanol–water partition coefficient (Wildman–Crippen LogP) is 1.92. The van der Waals surface area contributed by atoms with Crippen LogP contribution >= 0.6 is 0 Å². The molecule has 1 aliphatic rings. The highest BCUT2D eigenvalue weighted by Gasteiger charge is 2.30. The van der Waals surface area contributed by atoms with Crippen molar-refractivity contribution >= 4 is 9.84 Å². The smallest absolute Gasteiger partial charge is 0.178 e. The van der Waals surface area contributed by atoms with Crippen LogP contribution in [0.4, 0.5) is 0 Å². The van der Waals surface area contributed by atoms with Crippen LogP contribution < -0.4 is 5.32 Å². The van der Waals surface area contributed by atoms with Gasteiger partial charge in [-0.05, 0) is 31.9 Å². The van der Waals surface area contributed by atoms with E-state index in [2.05, 4.69) is 5.32 Å². The molecule has 0 aromatic heterocycles. The molecule has 106 valence electrons. The second-order valence-corrected chi connectivity index (χ2v) is 7.62. The first-order chi connectivity index (χ1) is 8.86. The quantitative estimate of drug-likeness (QED) is 0.917. The summed E-state index contributed by atoms with van der Waals surface area (Å²) in [6.07, 6.45) is 0.610. The lowest BCUT2D eigenvalue weighted by atomic mass is 10.0. The van der Waals surface area contributed by atoms with Crippen molar-refractivity contribution in [3.63, 3.8) is 0 Å². The average Bonchev–Trinajstić information content (AvgIpc) is 2.38. The summed E-state index contributed by atoms with van der Waals surface area (Å²) in [5.74, 6) is 0.203. The number of fused-ring (bicyclic) bond motifs is 1. The Bertz CT molecular complexity index is 552. The van der Waals surface area contributed by atoms with E-state index in [1.54, 1.807) is 19.2 Å². The first kappa shape index (κ1) is 14.5. The Morgan fingerprint density at radius 1 is 1.37 bits per heavy atom. The zero-order valence-corrected chi connectivity index (χ0v) is 12.5. The van der Waals surface area contributed by atoms with E-state index in [9.17, 15) is 8.42 Å². The zero-order chi connectivity index (χ0) is 14.1. The number of hydrogen-bond acceptors (Lipinski definition) is 4. The van der Waals surface area contributed by atoms with Gasteiger partial charge in [0.05, 0.1) is 16.2 Å². The van der Waals surface area contributed by atoms with Crippen molar-refractivity contribution in [1.29, 1.82) is 0 Å². The van der Waals surface area contributed by atoms with E-state index < -0.39 is 9.84 Å². The standard InChI is InChI=1S/C14H21NO3S/c1-14(2,18-3)10-15-12-8-9-19(16,17)13-7-5-4-6-11(12)13/h4-7,12,15H,8-10H2,1-3H3. The molecule has 0 aliphatic carbocycles. The highest BCUT2D eigenvalue weighted by molar-refractivity contribution is 7.91. The van der Waals surface area contributed by atoms with Gasteiger partial charge in [-0.3, -0.25) is 0 Å². The second kappa shape index (κ2) is 5.23. The summed E-state index contributed by atoms with van der Waals surface area (Å²) in [6, 6.07) is 7.33. The molecule has 0 bridgehead atoms. The van der Waals surface area contributed by atoms with Crippen molar-refractivity contribution in [3.8, 4) is 0 Å². The van der Waals surface area contributed by atoms with E-state index in [1.165, 1.54) is 0 Å². The molecule has 4 nitrogen and oxygen atoms in total. The molecule has 2 rings (SSSR count). The van der Waals surface area contributed by atoms with Crippen LogP contribution in [-0.2, 0) is 14.6 Å². The first-order valence-corrected chi connectivity index (χ1v) is 8.11. The average molecular weight is 283 g/mol. The lowest BCUT2D eigenvalue weighted by molar-refractivity contribution is 0.0208. The van der Waals surface area contributed by atoms with Crippen molar-refractivity contribution in [2.75, 3.05) is 19.4 Å². The number of nitrogens with one attached hydrogen (secondary N) is 1. The highest BCUT2D eigenvalue weighted by atomic mass is 32.2. The third-order valence-electron chi connectivity index (χ3n) is 3.63. The lowest BCUT2D eigenvalue weighted by Gasteiger charge is -2.30. The fraction of sp³-hybridized carbons (Fsp3) is 0.571. The molecule has 5 heteroatoms. The zero-order valence-electron chi connectivity index (χ0n) is 11.6. The van der Waals surface area contributed by atoms with Crippen LogP contribution in [0.25, 0.3) is 0 Å². The molecule has 0 saturated carbocycles. The molecular weight excluding hydrogens is 262 g/mol. The third-order valence-corrected chi connectivity index (χ3v) is 5.45. The topological polar surface area (TPSA) is 55.4 Å². The molecule has 1 unspecified atom stereocenters. The highest BCUT2D eigenvalue weighted by Crippen LogP contribution is 2.32. The van der Waals surface area contributed by atoms with E-state index in [0.717, 1.165) is 5.56 Å². The molecular formula is C14H21NO3S. The van der Waals surface area contributed by atoms with Gasteiger partial charge in [0.1, 0.15) is 0 Å². The molecule has 1 aromatic carbocycles. The van der Waals surface area contributed by atoms with Crippen LogP contribution in [0.1, 0.15) is 31.9 Å². The molecule has 1 heterocycles. The maximum atomic E-state index is 12.0. The van der Waals surface area contributed by atoms with Crippen LogP contribution in [0.2, 0.25) is 0 Å². The fourth-order valence-corrected chi connectivity index (χ4v) is 3.86. The number of sulfone groups is 1. The summed E-state index contributed by atoms with van der Waals surface area (Å²) in [5.41, 5.74) is 0.617. The Morgan fingerprint density at radius 2 is 2.05 bits per heavy atom. The monoisotopic (exact) mass is 283 g/mol. The van der Waals surface area contributed by atoms with E-state index in [4.69, 9.17) is 4.74 Å². The molecule has 1 aromatic rings. The summed E-state index contributed by atoms with van der Waals surface area (Å²) >= 11 is 0. The van der Waals surface area contributed by atoms with E-state index in [0.29, 0.717) is 17.9 Å². The van der Waals surface area contributed by atoms with Crippen LogP contribution in [0.5, 0.6) is 0 Å². The van der Waals surface area contributed by atoms with Gasteiger partial charge >= 0.3 is 0 Å². The van der Waals surface area contributed by atoms with Crippen molar-refractivity contribution < 1.29 is 13.2 Å². The molecule has 0 radical (unpaired) electrons. The Hall–Kier alpha value is -0.910. The Labute approximate surface area is 115 Å². The molecule has 1 aliphatic heterocycles. The molecule has 0 spiro atoms. The maximum absolute atomic E-state index is 12.0. The van der Waals surface area contributed by atoms with Gasteiger partial charge in [0.25, 0.3) is 0 Å². The van der Waals surface area contributed by atoms with Crippen LogP contribution in [0, 0.1) is 0 Å². The predicted molar refractivity (Wildman–Crippen MR) is 74.9 cm³/mol. The van der Waals surface area contributed by atoms with Gasteiger partial charge in [-0.2, -0.15) is 0 Å². The minimum absolute atomic E-state index is 0.0779. The van der Waals surface area contributed by atoms with Crippen LogP contribution in [0.15, 0.2) is 29.2 Å². The van der Waals surface area contributed by atoms with Gasteiger partial charge in [-0.15, -0.1) is 0 Å². The largest absolute Gasteiger partial charge is 0.377 e. The SMILES string of the molecule is COC(C)(C)CNC1CCS(=O)(=O)c2ccccc21. The fourth-order valence-electron chi connectivity index (χ4n) is 2.24. The normalized spacial score (nSPS) is 21.9. The number of methoxy groups -OCH3 is 1. The van der Waals surface area contributed by atoms with Gasteiger partial charge in [0.15, 0.2) is 9.84 Å².